The van der Waals surface area contributed by atoms with Crippen LogP contribution in [0.5, 0.6) is 0 Å². The Morgan fingerprint density at radius 3 is 2.62 bits per heavy atom. The van der Waals surface area contributed by atoms with Gasteiger partial charge in [0.15, 0.2) is 5.78 Å². The quantitative estimate of drug-likeness (QED) is 0.446. The van der Waals surface area contributed by atoms with E-state index in [4.69, 9.17) is 16.3 Å². The predicted octanol–water partition coefficient (Wildman–Crippen LogP) is 4.58. The smallest absolute Gasteiger partial charge is 0.336 e. The molecule has 0 amide bonds. The molecule has 10 unspecified atom stereocenters. The Balaban J connectivity index is 1.42. The Kier molecular flexibility index (Phi) is 5.90. The Bertz CT molecular complexity index is 956. The average Bonchev–Trinajstić information content (AvgIpc) is 3.13. The summed E-state index contributed by atoms with van der Waals surface area (Å²) in [5.41, 5.74) is 0.681. The number of aliphatic hydroxyl groups excluding tert-OH is 2. The Hall–Kier alpha value is -1.17. The van der Waals surface area contributed by atoms with E-state index in [1.807, 2.05) is 19.9 Å². The van der Waals surface area contributed by atoms with Crippen LogP contribution in [-0.2, 0) is 14.3 Å². The van der Waals surface area contributed by atoms with Gasteiger partial charge in [-0.05, 0) is 86.5 Å². The standard InChI is InChI=1S/C28H39ClO5/c1-15-12-22(34-25(33)18(15)14-30)16(2)19-7-8-20-17-13-24(32)28(29)10-5-6-23(31)27(28,4)21(17)9-11-26(19,20)3/h5-6,16-17,19-22,24,30,32H,7-14H2,1-4H3. The maximum Gasteiger partial charge on any atom is 0.336 e. The summed E-state index contributed by atoms with van der Waals surface area (Å²) in [5, 5.41) is 20.8. The van der Waals surface area contributed by atoms with Crippen LogP contribution >= 0.6 is 11.6 Å². The highest BCUT2D eigenvalue weighted by Crippen LogP contribution is 2.69. The maximum absolute atomic E-state index is 13.3. The van der Waals surface area contributed by atoms with Gasteiger partial charge in [0.1, 0.15) is 6.10 Å². The zero-order valence-electron chi connectivity index (χ0n) is 20.9. The van der Waals surface area contributed by atoms with Crippen molar-refractivity contribution in [2.45, 2.75) is 89.7 Å². The van der Waals surface area contributed by atoms with Crippen LogP contribution in [0.15, 0.2) is 23.3 Å². The van der Waals surface area contributed by atoms with Crippen molar-refractivity contribution < 1.29 is 24.5 Å². The molecule has 1 aliphatic heterocycles. The second-order valence-electron chi connectivity index (χ2n) is 12.3. The number of hydrogen-bond donors (Lipinski definition) is 2. The van der Waals surface area contributed by atoms with E-state index in [0.29, 0.717) is 36.7 Å². The summed E-state index contributed by atoms with van der Waals surface area (Å²) in [7, 11) is 0. The molecule has 3 fully saturated rings. The van der Waals surface area contributed by atoms with E-state index in [1.54, 1.807) is 6.08 Å². The van der Waals surface area contributed by atoms with Crippen molar-refractivity contribution in [3.8, 4) is 0 Å². The van der Waals surface area contributed by atoms with Gasteiger partial charge in [0.2, 0.25) is 0 Å². The van der Waals surface area contributed by atoms with Crippen LogP contribution < -0.4 is 0 Å². The summed E-state index contributed by atoms with van der Waals surface area (Å²) in [4.78, 5) is 24.8. The third-order valence-corrected chi connectivity index (χ3v) is 12.0. The third kappa shape index (κ3) is 3.12. The van der Waals surface area contributed by atoms with Gasteiger partial charge in [-0.2, -0.15) is 0 Å². The van der Waals surface area contributed by atoms with Crippen LogP contribution in [-0.4, -0.2) is 45.7 Å². The highest BCUT2D eigenvalue weighted by Gasteiger charge is 2.69. The molecule has 0 saturated heterocycles. The molecule has 188 valence electrons. The zero-order chi connectivity index (χ0) is 24.6. The molecule has 0 aromatic heterocycles. The molecule has 0 bridgehead atoms. The Labute approximate surface area is 208 Å². The molecule has 3 saturated carbocycles. The number of rotatable bonds is 3. The van der Waals surface area contributed by atoms with E-state index in [1.165, 1.54) is 0 Å². The fraction of sp³-hybridized carbons (Fsp3) is 0.786. The number of cyclic esters (lactones) is 1. The summed E-state index contributed by atoms with van der Waals surface area (Å²) in [6.07, 6.45) is 8.66. The lowest BCUT2D eigenvalue weighted by atomic mass is 9.44. The van der Waals surface area contributed by atoms with Crippen molar-refractivity contribution in [3.05, 3.63) is 23.3 Å². The first-order valence-electron chi connectivity index (χ1n) is 13.1. The van der Waals surface area contributed by atoms with Crippen molar-refractivity contribution in [1.82, 2.24) is 0 Å². The van der Waals surface area contributed by atoms with Gasteiger partial charge in [-0.15, -0.1) is 11.6 Å². The van der Waals surface area contributed by atoms with Crippen LogP contribution in [0, 0.1) is 40.4 Å². The van der Waals surface area contributed by atoms with Crippen molar-refractivity contribution in [1.29, 1.82) is 0 Å². The number of halogens is 1. The van der Waals surface area contributed by atoms with Crippen molar-refractivity contribution >= 4 is 23.4 Å². The number of ketones is 1. The fourth-order valence-electron chi connectivity index (χ4n) is 9.18. The second kappa shape index (κ2) is 8.18. The zero-order valence-corrected chi connectivity index (χ0v) is 21.6. The van der Waals surface area contributed by atoms with E-state index < -0.39 is 16.4 Å². The molecule has 1 heterocycles. The number of esters is 1. The summed E-state index contributed by atoms with van der Waals surface area (Å²) < 4.78 is 5.83. The molecule has 0 aromatic carbocycles. The lowest BCUT2D eigenvalue weighted by Gasteiger charge is -2.63. The van der Waals surface area contributed by atoms with Crippen molar-refractivity contribution in [2.75, 3.05) is 6.61 Å². The number of ether oxygens (including phenoxy) is 1. The molecule has 2 N–H and O–H groups in total. The van der Waals surface area contributed by atoms with Crippen molar-refractivity contribution in [3.63, 3.8) is 0 Å². The predicted molar refractivity (Wildman–Crippen MR) is 130 cm³/mol. The number of carbonyl (C=O) groups excluding carboxylic acids is 2. The molecule has 6 heteroatoms. The first-order chi connectivity index (χ1) is 16.0. The molecule has 10 atom stereocenters. The maximum atomic E-state index is 13.3. The van der Waals surface area contributed by atoms with E-state index in [-0.39, 0.29) is 47.6 Å². The number of aliphatic hydroxyl groups is 2. The molecule has 0 radical (unpaired) electrons. The largest absolute Gasteiger partial charge is 0.458 e. The molecule has 0 aromatic rings. The van der Waals surface area contributed by atoms with Crippen LogP contribution in [0.4, 0.5) is 0 Å². The van der Waals surface area contributed by atoms with Gasteiger partial charge in [-0.3, -0.25) is 4.79 Å². The number of hydrogen-bond acceptors (Lipinski definition) is 5. The Morgan fingerprint density at radius 2 is 1.94 bits per heavy atom. The summed E-state index contributed by atoms with van der Waals surface area (Å²) in [6.45, 7) is 8.28. The van der Waals surface area contributed by atoms with Gasteiger partial charge in [-0.1, -0.05) is 32.4 Å². The van der Waals surface area contributed by atoms with Gasteiger partial charge in [0.05, 0.1) is 28.6 Å². The molecule has 0 spiro atoms. The summed E-state index contributed by atoms with van der Waals surface area (Å²) in [5.74, 6) is 1.20. The van der Waals surface area contributed by atoms with E-state index in [2.05, 4.69) is 13.8 Å². The molecule has 5 aliphatic rings. The molecule has 34 heavy (non-hydrogen) atoms. The van der Waals surface area contributed by atoms with E-state index in [9.17, 15) is 19.8 Å². The summed E-state index contributed by atoms with van der Waals surface area (Å²) in [6, 6.07) is 0. The van der Waals surface area contributed by atoms with Gasteiger partial charge in [-0.25, -0.2) is 4.79 Å². The average molecular weight is 491 g/mol. The number of carbonyl (C=O) groups is 2. The monoisotopic (exact) mass is 490 g/mol. The van der Waals surface area contributed by atoms with Gasteiger partial charge < -0.3 is 14.9 Å². The topological polar surface area (TPSA) is 83.8 Å². The third-order valence-electron chi connectivity index (χ3n) is 11.2. The SMILES string of the molecule is CC1=C(CO)C(=O)OC(C(C)C2CCC3C4CC(O)C5(Cl)CC=CC(=O)C5(C)C4CCC23C)C1. The number of allylic oxidation sites excluding steroid dienone is 2. The lowest BCUT2D eigenvalue weighted by molar-refractivity contribution is -0.162. The van der Waals surface area contributed by atoms with Gasteiger partial charge in [0, 0.05) is 6.42 Å². The van der Waals surface area contributed by atoms with E-state index >= 15 is 0 Å². The minimum absolute atomic E-state index is 0.0742. The minimum atomic E-state index is -0.913. The number of fused-ring (bicyclic) bond motifs is 5. The van der Waals surface area contributed by atoms with Crippen LogP contribution in [0.1, 0.15) is 72.6 Å². The van der Waals surface area contributed by atoms with Crippen LogP contribution in [0.3, 0.4) is 0 Å². The second-order valence-corrected chi connectivity index (χ2v) is 13.0. The number of alkyl halides is 1. The van der Waals surface area contributed by atoms with Crippen molar-refractivity contribution in [2.24, 2.45) is 40.4 Å². The Morgan fingerprint density at radius 1 is 1.21 bits per heavy atom. The van der Waals surface area contributed by atoms with Gasteiger partial charge in [0.25, 0.3) is 0 Å². The molecule has 5 nitrogen and oxygen atoms in total. The summed E-state index contributed by atoms with van der Waals surface area (Å²) >= 11 is 7.10. The van der Waals surface area contributed by atoms with Gasteiger partial charge >= 0.3 is 5.97 Å². The molecular formula is C28H39ClO5. The highest BCUT2D eigenvalue weighted by molar-refractivity contribution is 6.28. The molecule has 5 rings (SSSR count). The van der Waals surface area contributed by atoms with E-state index in [0.717, 1.165) is 31.3 Å². The fourth-order valence-corrected chi connectivity index (χ4v) is 9.60. The molecular weight excluding hydrogens is 452 g/mol. The normalized spacial score (nSPS) is 49.3. The van der Waals surface area contributed by atoms with Crippen LogP contribution in [0.25, 0.3) is 0 Å². The first kappa shape index (κ1) is 24.5. The first-order valence-corrected chi connectivity index (χ1v) is 13.4. The highest BCUT2D eigenvalue weighted by atomic mass is 35.5. The van der Waals surface area contributed by atoms with Crippen LogP contribution in [0.2, 0.25) is 0 Å². The lowest BCUT2D eigenvalue weighted by Crippen LogP contribution is -2.67. The minimum Gasteiger partial charge on any atom is -0.458 e. The molecule has 4 aliphatic carbocycles.